The fourth-order valence-electron chi connectivity index (χ4n) is 4.54. The highest BCUT2D eigenvalue weighted by Gasteiger charge is 2.37. The van der Waals surface area contributed by atoms with E-state index < -0.39 is 47.9 Å². The number of nitrogens with two attached hydrogens (primary N) is 1. The summed E-state index contributed by atoms with van der Waals surface area (Å²) in [6.07, 6.45) is 3.43. The van der Waals surface area contributed by atoms with Crippen molar-refractivity contribution in [3.05, 3.63) is 36.0 Å². The summed E-state index contributed by atoms with van der Waals surface area (Å²) in [4.78, 5) is 54.9. The maximum absolute atomic E-state index is 13.3. The molecule has 1 saturated heterocycles. The van der Waals surface area contributed by atoms with E-state index in [4.69, 9.17) is 5.73 Å². The van der Waals surface area contributed by atoms with Crippen molar-refractivity contribution in [2.45, 2.75) is 70.6 Å². The van der Waals surface area contributed by atoms with Crippen LogP contribution in [0, 0.1) is 5.92 Å². The van der Waals surface area contributed by atoms with E-state index in [2.05, 4.69) is 15.6 Å². The second kappa shape index (κ2) is 11.4. The third-order valence-electron chi connectivity index (χ3n) is 6.34. The number of fused-ring (bicyclic) bond motifs is 1. The van der Waals surface area contributed by atoms with Crippen LogP contribution in [0.5, 0.6) is 0 Å². The summed E-state index contributed by atoms with van der Waals surface area (Å²) in [5.41, 5.74) is 7.78. The number of carbonyl (C=O) groups is 4. The number of aromatic nitrogens is 1. The van der Waals surface area contributed by atoms with Gasteiger partial charge in [-0.05, 0) is 43.7 Å². The molecule has 2 heterocycles. The smallest absolute Gasteiger partial charge is 0.326 e. The molecule has 1 aromatic heterocycles. The first-order valence-electron chi connectivity index (χ1n) is 12.0. The SMILES string of the molecule is CC(C)CC(N)C(=O)NC(Cc1c[nH]c2ccccc12)C(=O)NC(C)C(=O)N1CCCC1C(=O)O. The number of nitrogens with zero attached hydrogens (tertiary/aromatic N) is 1. The molecular formula is C25H35N5O5. The topological polar surface area (TPSA) is 158 Å². The van der Waals surface area contributed by atoms with E-state index in [1.807, 2.05) is 38.1 Å². The zero-order chi connectivity index (χ0) is 25.7. The molecule has 4 unspecified atom stereocenters. The number of hydrogen-bond acceptors (Lipinski definition) is 5. The lowest BCUT2D eigenvalue weighted by molar-refractivity contribution is -0.149. The number of aromatic amines is 1. The number of hydrogen-bond donors (Lipinski definition) is 5. The zero-order valence-corrected chi connectivity index (χ0v) is 20.4. The fraction of sp³-hybridized carbons (Fsp3) is 0.520. The number of aliphatic carboxylic acids is 1. The lowest BCUT2D eigenvalue weighted by Crippen LogP contribution is -2.57. The number of para-hydroxylation sites is 1. The van der Waals surface area contributed by atoms with Crippen LogP contribution < -0.4 is 16.4 Å². The molecule has 1 aromatic carbocycles. The van der Waals surface area contributed by atoms with Crippen LogP contribution >= 0.6 is 0 Å². The van der Waals surface area contributed by atoms with Crippen molar-refractivity contribution in [2.24, 2.45) is 11.7 Å². The standard InChI is InChI=1S/C25H35N5O5/c1-14(2)11-18(26)22(31)29-20(12-16-13-27-19-8-5-4-7-17(16)19)23(32)28-15(3)24(33)30-10-6-9-21(30)25(34)35/h4-5,7-8,13-15,18,20-21,27H,6,9-12,26H2,1-3H3,(H,28,32)(H,29,31)(H,34,35). The van der Waals surface area contributed by atoms with E-state index in [1.165, 1.54) is 11.8 Å². The molecule has 3 rings (SSSR count). The Morgan fingerprint density at radius 1 is 1.14 bits per heavy atom. The monoisotopic (exact) mass is 485 g/mol. The van der Waals surface area contributed by atoms with E-state index in [1.54, 1.807) is 6.20 Å². The van der Waals surface area contributed by atoms with Crippen molar-refractivity contribution in [3.63, 3.8) is 0 Å². The lowest BCUT2D eigenvalue weighted by Gasteiger charge is -2.27. The van der Waals surface area contributed by atoms with Crippen LogP contribution in [0.1, 0.15) is 45.6 Å². The van der Waals surface area contributed by atoms with Gasteiger partial charge in [-0.2, -0.15) is 0 Å². The number of likely N-dealkylation sites (tertiary alicyclic amines) is 1. The van der Waals surface area contributed by atoms with Crippen LogP contribution in [0.2, 0.25) is 0 Å². The Hall–Kier alpha value is -3.40. The lowest BCUT2D eigenvalue weighted by atomic mass is 10.0. The molecule has 3 amide bonds. The average molecular weight is 486 g/mol. The molecule has 2 aromatic rings. The molecule has 6 N–H and O–H groups in total. The Kier molecular flexibility index (Phi) is 8.50. The maximum atomic E-state index is 13.3. The maximum Gasteiger partial charge on any atom is 0.326 e. The largest absolute Gasteiger partial charge is 0.480 e. The molecular weight excluding hydrogens is 450 g/mol. The van der Waals surface area contributed by atoms with E-state index in [9.17, 15) is 24.3 Å². The summed E-state index contributed by atoms with van der Waals surface area (Å²) < 4.78 is 0. The minimum absolute atomic E-state index is 0.193. The van der Waals surface area contributed by atoms with E-state index in [0.717, 1.165) is 16.5 Å². The Labute approximate surface area is 204 Å². The molecule has 1 aliphatic rings. The summed E-state index contributed by atoms with van der Waals surface area (Å²) in [6, 6.07) is 4.05. The third kappa shape index (κ3) is 6.39. The van der Waals surface area contributed by atoms with Gasteiger partial charge in [-0.25, -0.2) is 4.79 Å². The third-order valence-corrected chi connectivity index (χ3v) is 6.34. The Morgan fingerprint density at radius 2 is 1.86 bits per heavy atom. The molecule has 4 atom stereocenters. The van der Waals surface area contributed by atoms with Gasteiger partial charge in [-0.15, -0.1) is 0 Å². The summed E-state index contributed by atoms with van der Waals surface area (Å²) in [7, 11) is 0. The number of carboxylic acid groups (broad SMARTS) is 1. The predicted molar refractivity (Wildman–Crippen MR) is 131 cm³/mol. The highest BCUT2D eigenvalue weighted by atomic mass is 16.4. The summed E-state index contributed by atoms with van der Waals surface area (Å²) in [6.45, 7) is 5.76. The molecule has 0 spiro atoms. The van der Waals surface area contributed by atoms with Crippen molar-refractivity contribution in [3.8, 4) is 0 Å². The van der Waals surface area contributed by atoms with Gasteiger partial charge >= 0.3 is 5.97 Å². The van der Waals surface area contributed by atoms with Gasteiger partial charge in [0.25, 0.3) is 0 Å². The number of H-pyrrole nitrogens is 1. The normalized spacial score (nSPS) is 18.3. The van der Waals surface area contributed by atoms with Crippen LogP contribution in [-0.4, -0.2) is 69.4 Å². The minimum Gasteiger partial charge on any atom is -0.480 e. The van der Waals surface area contributed by atoms with Gasteiger partial charge in [0, 0.05) is 30.1 Å². The van der Waals surface area contributed by atoms with Crippen LogP contribution in [0.3, 0.4) is 0 Å². The molecule has 10 heteroatoms. The van der Waals surface area contributed by atoms with Gasteiger partial charge in [0.1, 0.15) is 18.1 Å². The number of amides is 3. The molecule has 0 saturated carbocycles. The first kappa shape index (κ1) is 26.2. The second-order valence-corrected chi connectivity index (χ2v) is 9.62. The number of carbonyl (C=O) groups excluding carboxylic acids is 3. The number of carboxylic acids is 1. The highest BCUT2D eigenvalue weighted by Crippen LogP contribution is 2.20. The van der Waals surface area contributed by atoms with Crippen molar-refractivity contribution < 1.29 is 24.3 Å². The van der Waals surface area contributed by atoms with Crippen molar-refractivity contribution in [1.29, 1.82) is 0 Å². The summed E-state index contributed by atoms with van der Waals surface area (Å²) in [5.74, 6) is -2.29. The molecule has 1 aliphatic heterocycles. The van der Waals surface area contributed by atoms with Gasteiger partial charge in [0.05, 0.1) is 6.04 Å². The molecule has 1 fully saturated rings. The van der Waals surface area contributed by atoms with Gasteiger partial charge in [0.2, 0.25) is 17.7 Å². The number of rotatable bonds is 10. The predicted octanol–water partition coefficient (Wildman–Crippen LogP) is 1.15. The van der Waals surface area contributed by atoms with Crippen LogP contribution in [0.15, 0.2) is 30.5 Å². The minimum atomic E-state index is -1.06. The highest BCUT2D eigenvalue weighted by molar-refractivity contribution is 5.94. The van der Waals surface area contributed by atoms with Gasteiger partial charge in [0.15, 0.2) is 0 Å². The molecule has 10 nitrogen and oxygen atoms in total. The van der Waals surface area contributed by atoms with Crippen molar-refractivity contribution in [1.82, 2.24) is 20.5 Å². The molecule has 35 heavy (non-hydrogen) atoms. The van der Waals surface area contributed by atoms with Gasteiger partial charge in [-0.3, -0.25) is 14.4 Å². The molecule has 0 bridgehead atoms. The zero-order valence-electron chi connectivity index (χ0n) is 20.4. The van der Waals surface area contributed by atoms with E-state index >= 15 is 0 Å². The quantitative estimate of drug-likeness (QED) is 0.340. The number of benzene rings is 1. The first-order valence-corrected chi connectivity index (χ1v) is 12.0. The molecule has 0 radical (unpaired) electrons. The molecule has 190 valence electrons. The first-order chi connectivity index (χ1) is 16.6. The molecule has 0 aliphatic carbocycles. The fourth-order valence-corrected chi connectivity index (χ4v) is 4.54. The second-order valence-electron chi connectivity index (χ2n) is 9.62. The Balaban J connectivity index is 1.76. The number of nitrogens with one attached hydrogen (secondary N) is 3. The Morgan fingerprint density at radius 3 is 2.54 bits per heavy atom. The van der Waals surface area contributed by atoms with Crippen LogP contribution in [0.25, 0.3) is 10.9 Å². The van der Waals surface area contributed by atoms with E-state index in [0.29, 0.717) is 25.8 Å². The van der Waals surface area contributed by atoms with E-state index in [-0.39, 0.29) is 12.3 Å². The van der Waals surface area contributed by atoms with Gasteiger partial charge in [-0.1, -0.05) is 32.0 Å². The summed E-state index contributed by atoms with van der Waals surface area (Å²) in [5, 5.41) is 15.7. The summed E-state index contributed by atoms with van der Waals surface area (Å²) >= 11 is 0. The van der Waals surface area contributed by atoms with Crippen molar-refractivity contribution in [2.75, 3.05) is 6.54 Å². The van der Waals surface area contributed by atoms with Crippen LogP contribution in [-0.2, 0) is 25.6 Å². The average Bonchev–Trinajstić information content (AvgIpc) is 3.45. The van der Waals surface area contributed by atoms with Crippen molar-refractivity contribution >= 4 is 34.6 Å². The van der Waals surface area contributed by atoms with Crippen LogP contribution in [0.4, 0.5) is 0 Å². The van der Waals surface area contributed by atoms with Gasteiger partial charge < -0.3 is 31.4 Å². The Bertz CT molecular complexity index is 1080.